The van der Waals surface area contributed by atoms with Gasteiger partial charge < -0.3 is 13.7 Å². The number of benzene rings is 11. The number of anilines is 3. The summed E-state index contributed by atoms with van der Waals surface area (Å²) in [5.41, 5.74) is 21.2. The molecule has 0 unspecified atom stereocenters. The van der Waals surface area contributed by atoms with Gasteiger partial charge in [-0.2, -0.15) is 0 Å². The van der Waals surface area contributed by atoms with Gasteiger partial charge in [0.1, 0.15) is 22.3 Å². The average Bonchev–Trinajstić information content (AvgIpc) is 4.13. The zero-order valence-electron chi connectivity index (χ0n) is 36.8. The van der Waals surface area contributed by atoms with Crippen LogP contribution in [0.5, 0.6) is 0 Å². The third-order valence-corrected chi connectivity index (χ3v) is 14.9. The van der Waals surface area contributed by atoms with Crippen LogP contribution < -0.4 is 4.90 Å². The molecule has 0 saturated carbocycles. The van der Waals surface area contributed by atoms with E-state index in [9.17, 15) is 0 Å². The highest BCUT2D eigenvalue weighted by Gasteiger charge is 2.52. The monoisotopic (exact) mass is 865 g/mol. The zero-order valence-corrected chi connectivity index (χ0v) is 36.8. The van der Waals surface area contributed by atoms with E-state index in [-0.39, 0.29) is 0 Å². The van der Waals surface area contributed by atoms with E-state index in [0.717, 1.165) is 83.2 Å². The summed E-state index contributed by atoms with van der Waals surface area (Å²) in [5, 5.41) is 6.84. The van der Waals surface area contributed by atoms with Crippen LogP contribution in [0.2, 0.25) is 0 Å². The lowest BCUT2D eigenvalue weighted by molar-refractivity contribution is 0.669. The van der Waals surface area contributed by atoms with Crippen LogP contribution >= 0.6 is 0 Å². The van der Waals surface area contributed by atoms with Gasteiger partial charge in [-0.05, 0) is 127 Å². The Balaban J connectivity index is 0.979. The molecule has 2 aliphatic carbocycles. The van der Waals surface area contributed by atoms with Crippen molar-refractivity contribution in [2.45, 2.75) is 5.41 Å². The summed E-state index contributed by atoms with van der Waals surface area (Å²) in [6.07, 6.45) is 0. The Morgan fingerprint density at radius 1 is 0.309 bits per heavy atom. The van der Waals surface area contributed by atoms with Gasteiger partial charge in [-0.1, -0.05) is 176 Å². The number of para-hydroxylation sites is 2. The first-order chi connectivity index (χ1) is 33.7. The molecule has 3 heteroatoms. The number of furan rings is 2. The van der Waals surface area contributed by atoms with E-state index in [0.29, 0.717) is 0 Å². The van der Waals surface area contributed by atoms with Crippen molar-refractivity contribution in [3.8, 4) is 44.5 Å². The lowest BCUT2D eigenvalue weighted by atomic mass is 9.70. The predicted octanol–water partition coefficient (Wildman–Crippen LogP) is 17.8. The Kier molecular flexibility index (Phi) is 7.71. The molecule has 2 heterocycles. The van der Waals surface area contributed by atoms with Crippen molar-refractivity contribution in [3.05, 3.63) is 259 Å². The maximum Gasteiger partial charge on any atom is 0.136 e. The molecule has 0 fully saturated rings. The van der Waals surface area contributed by atoms with Crippen LogP contribution in [-0.2, 0) is 5.41 Å². The summed E-state index contributed by atoms with van der Waals surface area (Å²) < 4.78 is 12.9. The van der Waals surface area contributed by atoms with Crippen LogP contribution in [0.25, 0.3) is 99.2 Å². The van der Waals surface area contributed by atoms with Gasteiger partial charge in [0.25, 0.3) is 0 Å². The summed E-state index contributed by atoms with van der Waals surface area (Å²) in [4.78, 5) is 2.50. The summed E-state index contributed by atoms with van der Waals surface area (Å²) in [7, 11) is 0. The molecule has 11 aromatic carbocycles. The fourth-order valence-corrected chi connectivity index (χ4v) is 12.1. The highest BCUT2D eigenvalue weighted by molar-refractivity contribution is 6.13. The summed E-state index contributed by atoms with van der Waals surface area (Å²) >= 11 is 0. The average molecular weight is 866 g/mol. The molecule has 0 aliphatic heterocycles. The standard InChI is InChI=1S/C65H39NO2/c1-2-16-42-39-62-52(37-41(42)15-1)51-38-43(33-36-60(51)68-62)45-17-6-11-27-57(45)66(44-34-31-40(32-35-44)46-22-13-30-61-63(46)50-21-7-12-29-59(50)67-61)58-28-14-26-56-64(58)49-20-5-10-25-55(49)65(56)53-23-8-3-18-47(53)48-19-4-9-24-54(48)65/h1-39H. The molecular weight excluding hydrogens is 827 g/mol. The highest BCUT2D eigenvalue weighted by Crippen LogP contribution is 2.65. The van der Waals surface area contributed by atoms with Crippen molar-refractivity contribution in [1.29, 1.82) is 0 Å². The first-order valence-corrected chi connectivity index (χ1v) is 23.4. The number of rotatable bonds is 5. The zero-order chi connectivity index (χ0) is 44.5. The van der Waals surface area contributed by atoms with E-state index in [2.05, 4.69) is 235 Å². The van der Waals surface area contributed by atoms with Crippen LogP contribution in [0, 0.1) is 0 Å². The molecule has 0 amide bonds. The van der Waals surface area contributed by atoms with E-state index < -0.39 is 5.41 Å². The smallest absolute Gasteiger partial charge is 0.136 e. The molecule has 15 rings (SSSR count). The molecule has 0 N–H and O–H groups in total. The SMILES string of the molecule is c1ccc(N(c2ccc(-c3cccc4oc5ccccc5c34)cc2)c2cccc3c2-c2ccccc2C32c3ccccc3-c3ccccc32)c(-c2ccc3oc4cc5ccccc5cc4c3c2)c1. The Morgan fingerprint density at radius 2 is 0.838 bits per heavy atom. The van der Waals surface area contributed by atoms with Gasteiger partial charge in [0.05, 0.1) is 16.8 Å². The second kappa shape index (κ2) is 14.0. The van der Waals surface area contributed by atoms with Crippen LogP contribution in [0.1, 0.15) is 22.3 Å². The Labute approximate surface area is 392 Å². The van der Waals surface area contributed by atoms with Crippen LogP contribution in [0.3, 0.4) is 0 Å². The molecule has 13 aromatic rings. The normalized spacial score (nSPS) is 13.1. The van der Waals surface area contributed by atoms with Crippen LogP contribution in [0.15, 0.2) is 245 Å². The number of hydrogen-bond acceptors (Lipinski definition) is 3. The topological polar surface area (TPSA) is 29.5 Å². The maximum absolute atomic E-state index is 6.52. The Hall–Kier alpha value is -8.92. The molecule has 0 saturated heterocycles. The number of fused-ring (bicyclic) bond motifs is 17. The van der Waals surface area contributed by atoms with Crippen LogP contribution in [0.4, 0.5) is 17.1 Å². The van der Waals surface area contributed by atoms with Crippen molar-refractivity contribution < 1.29 is 8.83 Å². The van der Waals surface area contributed by atoms with Crippen molar-refractivity contribution in [3.63, 3.8) is 0 Å². The minimum atomic E-state index is -0.478. The minimum Gasteiger partial charge on any atom is -0.456 e. The van der Waals surface area contributed by atoms with Gasteiger partial charge in [-0.15, -0.1) is 0 Å². The molecular formula is C65H39NO2. The molecule has 316 valence electrons. The van der Waals surface area contributed by atoms with E-state index in [1.54, 1.807) is 0 Å². The van der Waals surface area contributed by atoms with Gasteiger partial charge in [-0.3, -0.25) is 0 Å². The minimum absolute atomic E-state index is 0.478. The largest absolute Gasteiger partial charge is 0.456 e. The van der Waals surface area contributed by atoms with Crippen molar-refractivity contribution in [2.75, 3.05) is 4.90 Å². The molecule has 0 atom stereocenters. The second-order valence-corrected chi connectivity index (χ2v) is 18.3. The van der Waals surface area contributed by atoms with E-state index in [4.69, 9.17) is 8.83 Å². The van der Waals surface area contributed by atoms with Gasteiger partial charge in [-0.25, -0.2) is 0 Å². The molecule has 1 spiro atoms. The van der Waals surface area contributed by atoms with Gasteiger partial charge in [0, 0.05) is 38.4 Å². The fourth-order valence-electron chi connectivity index (χ4n) is 12.1. The number of hydrogen-bond donors (Lipinski definition) is 0. The van der Waals surface area contributed by atoms with E-state index >= 15 is 0 Å². The summed E-state index contributed by atoms with van der Waals surface area (Å²) in [6, 6.07) is 86.5. The molecule has 2 aliphatic rings. The Morgan fingerprint density at radius 3 is 1.63 bits per heavy atom. The number of nitrogens with zero attached hydrogens (tertiary/aromatic N) is 1. The molecule has 3 nitrogen and oxygen atoms in total. The lowest BCUT2D eigenvalue weighted by Crippen LogP contribution is -2.26. The van der Waals surface area contributed by atoms with Gasteiger partial charge in [0.2, 0.25) is 0 Å². The first kappa shape index (κ1) is 37.3. The van der Waals surface area contributed by atoms with Crippen LogP contribution in [-0.4, -0.2) is 0 Å². The fraction of sp³-hybridized carbons (Fsp3) is 0.0154. The van der Waals surface area contributed by atoms with Crippen molar-refractivity contribution in [1.82, 2.24) is 0 Å². The molecule has 0 bridgehead atoms. The molecule has 2 aromatic heterocycles. The quantitative estimate of drug-likeness (QED) is 0.173. The lowest BCUT2D eigenvalue weighted by Gasteiger charge is -2.32. The van der Waals surface area contributed by atoms with Crippen molar-refractivity contribution >= 4 is 71.7 Å². The first-order valence-electron chi connectivity index (χ1n) is 23.4. The van der Waals surface area contributed by atoms with Crippen molar-refractivity contribution in [2.24, 2.45) is 0 Å². The third-order valence-electron chi connectivity index (χ3n) is 14.9. The van der Waals surface area contributed by atoms with E-state index in [1.807, 2.05) is 6.07 Å². The summed E-state index contributed by atoms with van der Waals surface area (Å²) in [6.45, 7) is 0. The highest BCUT2D eigenvalue weighted by atomic mass is 16.3. The second-order valence-electron chi connectivity index (χ2n) is 18.3. The van der Waals surface area contributed by atoms with E-state index in [1.165, 1.54) is 55.3 Å². The molecule has 0 radical (unpaired) electrons. The summed E-state index contributed by atoms with van der Waals surface area (Å²) in [5.74, 6) is 0. The Bertz CT molecular complexity index is 4180. The predicted molar refractivity (Wildman–Crippen MR) is 280 cm³/mol. The molecule has 68 heavy (non-hydrogen) atoms. The maximum atomic E-state index is 6.52. The van der Waals surface area contributed by atoms with Gasteiger partial charge in [0.15, 0.2) is 0 Å². The third kappa shape index (κ3) is 5.07. The van der Waals surface area contributed by atoms with Gasteiger partial charge >= 0.3 is 0 Å².